The van der Waals surface area contributed by atoms with Crippen LogP contribution < -0.4 is 0 Å². The third-order valence-corrected chi connectivity index (χ3v) is 9.08. The van der Waals surface area contributed by atoms with Crippen LogP contribution in [0.2, 0.25) is 0 Å². The summed E-state index contributed by atoms with van der Waals surface area (Å²) in [6.45, 7) is 8.64. The van der Waals surface area contributed by atoms with Crippen LogP contribution in [0.5, 0.6) is 0 Å². The van der Waals surface area contributed by atoms with Crippen LogP contribution in [0.15, 0.2) is 84.2 Å². The zero-order valence-electron chi connectivity index (χ0n) is 22.1. The Kier molecular flexibility index (Phi) is 5.31. The first-order chi connectivity index (χ1) is 18.9. The first-order valence-corrected chi connectivity index (χ1v) is 13.5. The fourth-order valence-corrected chi connectivity index (χ4v) is 7.43. The van der Waals surface area contributed by atoms with E-state index in [0.717, 1.165) is 64.7 Å². The van der Waals surface area contributed by atoms with Crippen LogP contribution in [0, 0.1) is 11.7 Å². The van der Waals surface area contributed by atoms with E-state index in [2.05, 4.69) is 30.6 Å². The van der Waals surface area contributed by atoms with E-state index in [0.29, 0.717) is 17.1 Å². The molecule has 0 amide bonds. The van der Waals surface area contributed by atoms with E-state index in [1.165, 1.54) is 6.07 Å². The van der Waals surface area contributed by atoms with E-state index in [1.807, 2.05) is 54.7 Å². The van der Waals surface area contributed by atoms with Gasteiger partial charge in [-0.15, -0.1) is 6.58 Å². The van der Waals surface area contributed by atoms with Gasteiger partial charge in [-0.05, 0) is 55.9 Å². The Bertz CT molecular complexity index is 1760. The molecule has 0 unspecified atom stereocenters. The molecule has 0 N–H and O–H groups in total. The van der Waals surface area contributed by atoms with Crippen LogP contribution in [-0.4, -0.2) is 20.1 Å². The molecule has 0 bridgehead atoms. The fourth-order valence-electron chi connectivity index (χ4n) is 7.43. The largest absolute Gasteiger partial charge is 0.361 e. The number of rotatable bonds is 4. The van der Waals surface area contributed by atoms with E-state index in [4.69, 9.17) is 14.5 Å². The van der Waals surface area contributed by atoms with Crippen LogP contribution in [-0.2, 0) is 23.7 Å². The maximum absolute atomic E-state index is 15.3. The molecule has 39 heavy (non-hydrogen) atoms. The zero-order valence-corrected chi connectivity index (χ0v) is 22.1. The lowest BCUT2D eigenvalue weighted by Gasteiger charge is -2.53. The lowest BCUT2D eigenvalue weighted by atomic mass is 9.50. The Labute approximate surface area is 226 Å². The highest BCUT2D eigenvalue weighted by Crippen LogP contribution is 2.58. The van der Waals surface area contributed by atoms with Crippen molar-refractivity contribution in [2.45, 2.75) is 50.4 Å². The Balaban J connectivity index is 1.53. The number of nitrogens with zero attached hydrogens (tertiary/aromatic N) is 4. The average molecular weight is 517 g/mol. The molecule has 2 aliphatic rings. The molecule has 0 aliphatic heterocycles. The van der Waals surface area contributed by atoms with Crippen molar-refractivity contribution >= 4 is 10.9 Å². The number of allylic oxidation sites excluding steroid dienone is 1. The summed E-state index contributed by atoms with van der Waals surface area (Å²) in [5.41, 5.74) is 5.47. The van der Waals surface area contributed by atoms with Crippen LogP contribution in [0.3, 0.4) is 0 Å². The number of benzene rings is 2. The number of hydrogen-bond donors (Lipinski definition) is 0. The first-order valence-electron chi connectivity index (χ1n) is 13.5. The molecule has 0 fully saturated rings. The van der Waals surface area contributed by atoms with Gasteiger partial charge < -0.3 is 4.52 Å². The maximum Gasteiger partial charge on any atom is 0.160 e. The van der Waals surface area contributed by atoms with Crippen molar-refractivity contribution < 1.29 is 8.91 Å². The molecular weight excluding hydrogens is 487 g/mol. The van der Waals surface area contributed by atoms with Gasteiger partial charge in [0.2, 0.25) is 0 Å². The molecule has 3 atom stereocenters. The van der Waals surface area contributed by atoms with E-state index < -0.39 is 0 Å². The summed E-state index contributed by atoms with van der Waals surface area (Å²) in [6.07, 6.45) is 8.82. The molecule has 2 aromatic carbocycles. The summed E-state index contributed by atoms with van der Waals surface area (Å²) in [7, 11) is 0. The molecule has 3 heterocycles. The van der Waals surface area contributed by atoms with Gasteiger partial charge in [0, 0.05) is 44.7 Å². The van der Waals surface area contributed by atoms with Gasteiger partial charge in [0.15, 0.2) is 5.82 Å². The minimum absolute atomic E-state index is 0.237. The van der Waals surface area contributed by atoms with Crippen molar-refractivity contribution in [3.8, 4) is 22.6 Å². The lowest BCUT2D eigenvalue weighted by Crippen LogP contribution is -2.53. The maximum atomic E-state index is 15.3. The normalized spacial score (nSPS) is 23.6. The summed E-state index contributed by atoms with van der Waals surface area (Å²) in [4.78, 5) is 15.0. The van der Waals surface area contributed by atoms with E-state index in [9.17, 15) is 0 Å². The summed E-state index contributed by atoms with van der Waals surface area (Å²) >= 11 is 0. The van der Waals surface area contributed by atoms with Crippen LogP contribution in [0.1, 0.15) is 49.3 Å². The van der Waals surface area contributed by atoms with Crippen molar-refractivity contribution in [1.29, 1.82) is 0 Å². The van der Waals surface area contributed by atoms with Crippen molar-refractivity contribution in [1.82, 2.24) is 20.1 Å². The van der Waals surface area contributed by atoms with Gasteiger partial charge in [0.05, 0.1) is 23.1 Å². The molecule has 0 saturated heterocycles. The van der Waals surface area contributed by atoms with E-state index in [1.54, 1.807) is 12.3 Å². The predicted octanol–water partition coefficient (Wildman–Crippen LogP) is 7.40. The Hall–Kier alpha value is -4.19. The Morgan fingerprint density at radius 2 is 1.87 bits per heavy atom. The van der Waals surface area contributed by atoms with Crippen molar-refractivity contribution in [2.75, 3.05) is 0 Å². The summed E-state index contributed by atoms with van der Waals surface area (Å²) in [5.74, 6) is 1.50. The quantitative estimate of drug-likeness (QED) is 0.233. The molecule has 3 aromatic heterocycles. The van der Waals surface area contributed by atoms with Gasteiger partial charge in [-0.1, -0.05) is 55.4 Å². The summed E-state index contributed by atoms with van der Waals surface area (Å²) in [6, 6.07) is 16.9. The minimum atomic E-state index is -0.329. The van der Waals surface area contributed by atoms with Gasteiger partial charge in [0.1, 0.15) is 11.6 Å². The monoisotopic (exact) mass is 516 g/mol. The number of fused-ring (bicyclic) bond motifs is 5. The summed E-state index contributed by atoms with van der Waals surface area (Å²) < 4.78 is 21.2. The second kappa shape index (κ2) is 8.67. The number of aromatic nitrogens is 4. The van der Waals surface area contributed by atoms with Gasteiger partial charge >= 0.3 is 0 Å². The van der Waals surface area contributed by atoms with E-state index in [-0.39, 0.29) is 22.6 Å². The van der Waals surface area contributed by atoms with Crippen LogP contribution in [0.4, 0.5) is 4.39 Å². The van der Waals surface area contributed by atoms with Gasteiger partial charge in [-0.2, -0.15) is 0 Å². The topological polar surface area (TPSA) is 64.7 Å². The third-order valence-electron chi connectivity index (χ3n) is 9.08. The molecule has 0 spiro atoms. The minimum Gasteiger partial charge on any atom is -0.361 e. The van der Waals surface area contributed by atoms with Gasteiger partial charge in [-0.3, -0.25) is 4.98 Å². The highest BCUT2D eigenvalue weighted by atomic mass is 19.1. The molecule has 5 aromatic rings. The standard InChI is InChI=1S/C33H29FN4O/c1-4-16-32(2)27-14-13-24-28(23-10-5-7-11-25(23)34)37-31(22-15-17-35-26-12-8-6-9-21(22)26)38-29(24)33(27,3)18-20-19-36-39-30(20)32/h4-12,15,17,19,27H,1,13-14,16,18H2,2-3H3/t27-,32-,33-/m1/s1. The average Bonchev–Trinajstić information content (AvgIpc) is 3.42. The van der Waals surface area contributed by atoms with Crippen LogP contribution >= 0.6 is 0 Å². The van der Waals surface area contributed by atoms with Gasteiger partial charge in [0.25, 0.3) is 0 Å². The van der Waals surface area contributed by atoms with Crippen molar-refractivity contribution in [3.63, 3.8) is 0 Å². The Morgan fingerprint density at radius 3 is 2.72 bits per heavy atom. The second-order valence-electron chi connectivity index (χ2n) is 11.4. The van der Waals surface area contributed by atoms with Crippen molar-refractivity contribution in [3.05, 3.63) is 108 Å². The number of para-hydroxylation sites is 1. The number of hydrogen-bond acceptors (Lipinski definition) is 5. The number of halogens is 1. The highest BCUT2D eigenvalue weighted by Gasteiger charge is 2.57. The fraction of sp³-hybridized carbons (Fsp3) is 0.273. The molecule has 2 aliphatic carbocycles. The Morgan fingerprint density at radius 1 is 1.05 bits per heavy atom. The SMILES string of the molecule is C=CC[C@@]1(C)c2oncc2C[C@@]2(C)c3nc(-c4ccnc5ccccc45)nc(-c4ccccc4F)c3CC[C@@H]21. The third kappa shape index (κ3) is 3.43. The van der Waals surface area contributed by atoms with Crippen molar-refractivity contribution in [2.24, 2.45) is 5.92 Å². The zero-order chi connectivity index (χ0) is 26.8. The van der Waals surface area contributed by atoms with Crippen LogP contribution in [0.25, 0.3) is 33.5 Å². The summed E-state index contributed by atoms with van der Waals surface area (Å²) in [5, 5.41) is 5.17. The molecule has 5 nitrogen and oxygen atoms in total. The highest BCUT2D eigenvalue weighted by molar-refractivity contribution is 5.92. The molecule has 7 rings (SSSR count). The van der Waals surface area contributed by atoms with Gasteiger partial charge in [-0.25, -0.2) is 14.4 Å². The van der Waals surface area contributed by atoms with E-state index >= 15 is 4.39 Å². The molecule has 194 valence electrons. The number of pyridine rings is 1. The molecule has 6 heteroatoms. The molecule has 0 radical (unpaired) electrons. The predicted molar refractivity (Wildman–Crippen MR) is 150 cm³/mol. The second-order valence-corrected chi connectivity index (χ2v) is 11.4. The first kappa shape index (κ1) is 23.9. The lowest BCUT2D eigenvalue weighted by molar-refractivity contribution is 0.0974. The molecular formula is C33H29FN4O. The molecule has 0 saturated carbocycles. The smallest absolute Gasteiger partial charge is 0.160 e.